The van der Waals surface area contributed by atoms with Crippen molar-refractivity contribution in [1.29, 1.82) is 0 Å². The number of benzene rings is 1. The van der Waals surface area contributed by atoms with Gasteiger partial charge in [0.15, 0.2) is 0 Å². The zero-order chi connectivity index (χ0) is 14.8. The van der Waals surface area contributed by atoms with Crippen molar-refractivity contribution in [2.45, 2.75) is 26.8 Å². The fraction of sp³-hybridized carbons (Fsp3) is 0.417. The summed E-state index contributed by atoms with van der Waals surface area (Å²) in [6.45, 7) is 5.35. The highest BCUT2D eigenvalue weighted by atomic mass is 19.1. The van der Waals surface area contributed by atoms with Crippen molar-refractivity contribution in [3.8, 4) is 0 Å². The maximum absolute atomic E-state index is 13.2. The summed E-state index contributed by atoms with van der Waals surface area (Å²) in [6.07, 6.45) is 0. The number of nitrogens with one attached hydrogen (secondary N) is 1. The van der Waals surface area contributed by atoms with Gasteiger partial charge in [-0.2, -0.15) is 0 Å². The number of amides is 1. The van der Waals surface area contributed by atoms with E-state index in [-0.39, 0.29) is 5.69 Å². The van der Waals surface area contributed by atoms with E-state index in [1.54, 1.807) is 20.8 Å². The summed E-state index contributed by atoms with van der Waals surface area (Å²) >= 11 is 0. The van der Waals surface area contributed by atoms with Gasteiger partial charge < -0.3 is 11.1 Å². The molecule has 0 aliphatic rings. The molecule has 7 heteroatoms. The van der Waals surface area contributed by atoms with Crippen molar-refractivity contribution in [1.82, 2.24) is 0 Å². The minimum Gasteiger partial charge on any atom is -0.324 e. The average molecular weight is 269 g/mol. The van der Waals surface area contributed by atoms with Crippen molar-refractivity contribution < 1.29 is 14.1 Å². The van der Waals surface area contributed by atoms with Gasteiger partial charge in [0, 0.05) is 6.07 Å². The monoisotopic (exact) mass is 269 g/mol. The third-order valence-corrected chi connectivity index (χ3v) is 2.58. The molecule has 1 amide bonds. The van der Waals surface area contributed by atoms with Crippen molar-refractivity contribution >= 4 is 17.3 Å². The molecular formula is C12H16FN3O3. The topological polar surface area (TPSA) is 98.3 Å². The van der Waals surface area contributed by atoms with Crippen molar-refractivity contribution in [3.05, 3.63) is 34.1 Å². The summed E-state index contributed by atoms with van der Waals surface area (Å²) in [5.74, 6) is -1.32. The number of carbonyl (C=O) groups excluding carboxylic acids is 1. The molecule has 0 saturated carbocycles. The first-order valence-electron chi connectivity index (χ1n) is 5.62. The second-order valence-corrected chi connectivity index (χ2v) is 5.29. The van der Waals surface area contributed by atoms with Gasteiger partial charge in [0.25, 0.3) is 5.69 Å². The van der Waals surface area contributed by atoms with Gasteiger partial charge in [0.2, 0.25) is 5.91 Å². The Morgan fingerprint density at radius 2 is 2.00 bits per heavy atom. The van der Waals surface area contributed by atoms with Crippen LogP contribution in [0.25, 0.3) is 0 Å². The maximum atomic E-state index is 13.2. The molecule has 0 aliphatic heterocycles. The molecule has 0 spiro atoms. The largest absolute Gasteiger partial charge is 0.324 e. The van der Waals surface area contributed by atoms with Crippen LogP contribution < -0.4 is 11.1 Å². The number of non-ortho nitro benzene ring substituents is 1. The van der Waals surface area contributed by atoms with Gasteiger partial charge in [-0.15, -0.1) is 0 Å². The Balaban J connectivity index is 2.94. The third-order valence-electron chi connectivity index (χ3n) is 2.58. The maximum Gasteiger partial charge on any atom is 0.274 e. The quantitative estimate of drug-likeness (QED) is 0.648. The Hall–Kier alpha value is -2.02. The standard InChI is InChI=1S/C12H16FN3O3/c1-12(2,3)10(14)11(17)15-8-4-7(13)5-9(6-8)16(18)19/h4-6,10H,14H2,1-3H3,(H,15,17). The van der Waals surface area contributed by atoms with Gasteiger partial charge >= 0.3 is 0 Å². The summed E-state index contributed by atoms with van der Waals surface area (Å²) in [6, 6.07) is 2.05. The van der Waals surface area contributed by atoms with E-state index in [1.165, 1.54) is 0 Å². The lowest BCUT2D eigenvalue weighted by Crippen LogP contribution is -2.45. The second-order valence-electron chi connectivity index (χ2n) is 5.29. The number of anilines is 1. The first-order valence-corrected chi connectivity index (χ1v) is 5.62. The lowest BCUT2D eigenvalue weighted by molar-refractivity contribution is -0.385. The van der Waals surface area contributed by atoms with Gasteiger partial charge in [-0.05, 0) is 11.5 Å². The summed E-state index contributed by atoms with van der Waals surface area (Å²) in [4.78, 5) is 21.7. The third kappa shape index (κ3) is 3.99. The minimum atomic E-state index is -0.810. The Morgan fingerprint density at radius 1 is 1.42 bits per heavy atom. The molecule has 3 N–H and O–H groups in total. The van der Waals surface area contributed by atoms with Crippen LogP contribution in [0.5, 0.6) is 0 Å². The first kappa shape index (κ1) is 15.0. The molecule has 0 aliphatic carbocycles. The highest BCUT2D eigenvalue weighted by Gasteiger charge is 2.27. The van der Waals surface area contributed by atoms with E-state index >= 15 is 0 Å². The second kappa shape index (κ2) is 5.31. The number of hydrogen-bond donors (Lipinski definition) is 2. The number of halogens is 1. The number of nitro groups is 1. The summed E-state index contributed by atoms with van der Waals surface area (Å²) < 4.78 is 13.2. The van der Waals surface area contributed by atoms with E-state index < -0.39 is 33.8 Å². The molecule has 0 saturated heterocycles. The Bertz CT molecular complexity index is 511. The Labute approximate surface area is 109 Å². The molecule has 1 aromatic carbocycles. The Kier molecular flexibility index (Phi) is 4.21. The lowest BCUT2D eigenvalue weighted by Gasteiger charge is -2.25. The number of nitro benzene ring substituents is 1. The molecule has 0 fully saturated rings. The predicted octanol–water partition coefficient (Wildman–Crippen LogP) is 2.05. The molecule has 19 heavy (non-hydrogen) atoms. The number of rotatable bonds is 3. The predicted molar refractivity (Wildman–Crippen MR) is 69.1 cm³/mol. The van der Waals surface area contributed by atoms with E-state index in [9.17, 15) is 19.3 Å². The van der Waals surface area contributed by atoms with E-state index in [0.29, 0.717) is 0 Å². The molecule has 0 radical (unpaired) electrons. The molecular weight excluding hydrogens is 253 g/mol. The van der Waals surface area contributed by atoms with Crippen LogP contribution in [-0.2, 0) is 4.79 Å². The number of hydrogen-bond acceptors (Lipinski definition) is 4. The number of nitrogens with zero attached hydrogens (tertiary/aromatic N) is 1. The van der Waals surface area contributed by atoms with Crippen molar-refractivity contribution in [2.24, 2.45) is 11.1 Å². The highest BCUT2D eigenvalue weighted by molar-refractivity contribution is 5.95. The molecule has 0 aromatic heterocycles. The lowest BCUT2D eigenvalue weighted by atomic mass is 9.87. The van der Waals surface area contributed by atoms with Crippen LogP contribution in [0.4, 0.5) is 15.8 Å². The van der Waals surface area contributed by atoms with Gasteiger partial charge in [-0.3, -0.25) is 14.9 Å². The van der Waals surface area contributed by atoms with Crippen LogP contribution in [0.2, 0.25) is 0 Å². The van der Waals surface area contributed by atoms with Crippen LogP contribution in [0, 0.1) is 21.3 Å². The van der Waals surface area contributed by atoms with Gasteiger partial charge in [0.05, 0.1) is 22.7 Å². The average Bonchev–Trinajstić information content (AvgIpc) is 2.25. The molecule has 0 bridgehead atoms. The summed E-state index contributed by atoms with van der Waals surface area (Å²) in [7, 11) is 0. The van der Waals surface area contributed by atoms with Gasteiger partial charge in [0.1, 0.15) is 5.82 Å². The minimum absolute atomic E-state index is 0.0106. The van der Waals surface area contributed by atoms with Crippen molar-refractivity contribution in [3.63, 3.8) is 0 Å². The fourth-order valence-corrected chi connectivity index (χ4v) is 1.37. The Morgan fingerprint density at radius 3 is 2.47 bits per heavy atom. The fourth-order valence-electron chi connectivity index (χ4n) is 1.37. The van der Waals surface area contributed by atoms with E-state index in [4.69, 9.17) is 5.73 Å². The number of nitrogens with two attached hydrogens (primary N) is 1. The van der Waals surface area contributed by atoms with E-state index in [2.05, 4.69) is 5.32 Å². The molecule has 1 aromatic rings. The molecule has 1 rings (SSSR count). The van der Waals surface area contributed by atoms with Crippen LogP contribution in [0.1, 0.15) is 20.8 Å². The normalized spacial score (nSPS) is 12.9. The van der Waals surface area contributed by atoms with Crippen LogP contribution in [-0.4, -0.2) is 16.9 Å². The summed E-state index contributed by atoms with van der Waals surface area (Å²) in [5, 5.41) is 13.0. The molecule has 104 valence electrons. The highest BCUT2D eigenvalue weighted by Crippen LogP contribution is 2.22. The van der Waals surface area contributed by atoms with Gasteiger partial charge in [-0.25, -0.2) is 4.39 Å². The van der Waals surface area contributed by atoms with Crippen LogP contribution in [0.15, 0.2) is 18.2 Å². The number of carbonyl (C=O) groups is 1. The molecule has 0 heterocycles. The zero-order valence-electron chi connectivity index (χ0n) is 10.9. The van der Waals surface area contributed by atoms with E-state index in [0.717, 1.165) is 18.2 Å². The van der Waals surface area contributed by atoms with Crippen molar-refractivity contribution in [2.75, 3.05) is 5.32 Å². The first-order chi connectivity index (χ1) is 8.61. The SMILES string of the molecule is CC(C)(C)C(N)C(=O)Nc1cc(F)cc([N+](=O)[O-])c1. The molecule has 1 atom stereocenters. The zero-order valence-corrected chi connectivity index (χ0v) is 10.9. The molecule has 1 unspecified atom stereocenters. The summed E-state index contributed by atoms with van der Waals surface area (Å²) in [5.41, 5.74) is 4.85. The van der Waals surface area contributed by atoms with Gasteiger partial charge in [-0.1, -0.05) is 20.8 Å². The van der Waals surface area contributed by atoms with E-state index in [1.807, 2.05) is 0 Å². The van der Waals surface area contributed by atoms with Crippen LogP contribution >= 0.6 is 0 Å². The smallest absolute Gasteiger partial charge is 0.274 e. The van der Waals surface area contributed by atoms with Crippen LogP contribution in [0.3, 0.4) is 0 Å². The molecule has 6 nitrogen and oxygen atoms in total.